The second kappa shape index (κ2) is 11.0. The Bertz CT molecular complexity index is 1090. The fourth-order valence-corrected chi connectivity index (χ4v) is 3.01. The van der Waals surface area contributed by atoms with E-state index in [2.05, 4.69) is 17.6 Å². The highest BCUT2D eigenvalue weighted by Gasteiger charge is 2.15. The van der Waals surface area contributed by atoms with Gasteiger partial charge in [-0.15, -0.1) is 0 Å². The quantitative estimate of drug-likeness (QED) is 0.446. The van der Waals surface area contributed by atoms with Crippen LogP contribution in [0.1, 0.15) is 41.3 Å². The Hall–Kier alpha value is -3.80. The molecule has 0 bridgehead atoms. The molecule has 0 heterocycles. The fourth-order valence-electron chi connectivity index (χ4n) is 3.01. The van der Waals surface area contributed by atoms with Gasteiger partial charge in [-0.1, -0.05) is 37.6 Å². The Kier molecular flexibility index (Phi) is 7.86. The number of unbranched alkanes of at least 4 members (excludes halogenated alkanes) is 1. The molecule has 4 nitrogen and oxygen atoms in total. The number of carbonyl (C=O) groups excluding carboxylic acids is 2. The van der Waals surface area contributed by atoms with Crippen molar-refractivity contribution < 1.29 is 18.4 Å². The van der Waals surface area contributed by atoms with E-state index in [4.69, 9.17) is 0 Å². The summed E-state index contributed by atoms with van der Waals surface area (Å²) in [6, 6.07) is 18.0. The molecule has 0 atom stereocenters. The van der Waals surface area contributed by atoms with Crippen molar-refractivity contribution in [2.45, 2.75) is 26.2 Å². The Morgan fingerprint density at radius 2 is 1.44 bits per heavy atom. The van der Waals surface area contributed by atoms with Crippen molar-refractivity contribution in [1.82, 2.24) is 5.32 Å². The van der Waals surface area contributed by atoms with E-state index in [-0.39, 0.29) is 5.70 Å². The van der Waals surface area contributed by atoms with Crippen LogP contribution in [0.2, 0.25) is 0 Å². The summed E-state index contributed by atoms with van der Waals surface area (Å²) in [5.41, 5.74) is 2.42. The van der Waals surface area contributed by atoms with Gasteiger partial charge in [0.25, 0.3) is 11.8 Å². The molecule has 3 aromatic carbocycles. The van der Waals surface area contributed by atoms with E-state index in [1.807, 2.05) is 12.1 Å². The van der Waals surface area contributed by atoms with Crippen LogP contribution in [0.25, 0.3) is 6.08 Å². The first-order chi connectivity index (χ1) is 15.4. The largest absolute Gasteiger partial charge is 0.321 e. The lowest BCUT2D eigenvalue weighted by atomic mass is 10.1. The van der Waals surface area contributed by atoms with Gasteiger partial charge in [-0.25, -0.2) is 8.78 Å². The van der Waals surface area contributed by atoms with Gasteiger partial charge in [0.2, 0.25) is 0 Å². The molecular weight excluding hydrogens is 410 g/mol. The highest BCUT2D eigenvalue weighted by atomic mass is 19.1. The van der Waals surface area contributed by atoms with E-state index in [0.29, 0.717) is 16.8 Å². The van der Waals surface area contributed by atoms with Gasteiger partial charge >= 0.3 is 0 Å². The maximum absolute atomic E-state index is 13.2. The summed E-state index contributed by atoms with van der Waals surface area (Å²) in [4.78, 5) is 25.6. The summed E-state index contributed by atoms with van der Waals surface area (Å²) in [6.07, 6.45) is 4.54. The third kappa shape index (κ3) is 6.60. The Morgan fingerprint density at radius 3 is 2.03 bits per heavy atom. The summed E-state index contributed by atoms with van der Waals surface area (Å²) in [6.45, 7) is 2.12. The Labute approximate surface area is 186 Å². The summed E-state index contributed by atoms with van der Waals surface area (Å²) in [5.74, 6) is -1.88. The van der Waals surface area contributed by atoms with Crippen molar-refractivity contribution in [3.63, 3.8) is 0 Å². The zero-order chi connectivity index (χ0) is 22.9. The molecule has 3 aromatic rings. The van der Waals surface area contributed by atoms with Crippen molar-refractivity contribution in [3.8, 4) is 0 Å². The number of benzene rings is 3. The number of hydrogen-bond acceptors (Lipinski definition) is 2. The molecule has 2 amide bonds. The monoisotopic (exact) mass is 434 g/mol. The first-order valence-corrected chi connectivity index (χ1v) is 10.4. The highest BCUT2D eigenvalue weighted by Crippen LogP contribution is 2.14. The number of hydrogen-bond donors (Lipinski definition) is 2. The molecule has 164 valence electrons. The Morgan fingerprint density at radius 1 is 0.844 bits per heavy atom. The van der Waals surface area contributed by atoms with Crippen LogP contribution in [0.3, 0.4) is 0 Å². The zero-order valence-corrected chi connectivity index (χ0v) is 17.7. The van der Waals surface area contributed by atoms with Crippen molar-refractivity contribution in [1.29, 1.82) is 0 Å². The van der Waals surface area contributed by atoms with Crippen LogP contribution in [-0.4, -0.2) is 11.8 Å². The van der Waals surface area contributed by atoms with Crippen molar-refractivity contribution in [2.24, 2.45) is 0 Å². The maximum Gasteiger partial charge on any atom is 0.272 e. The predicted molar refractivity (Wildman–Crippen MR) is 122 cm³/mol. The molecule has 0 aliphatic carbocycles. The van der Waals surface area contributed by atoms with Gasteiger partial charge in [-0.2, -0.15) is 0 Å². The van der Waals surface area contributed by atoms with Gasteiger partial charge in [-0.3, -0.25) is 9.59 Å². The van der Waals surface area contributed by atoms with Gasteiger partial charge in [0.15, 0.2) is 0 Å². The van der Waals surface area contributed by atoms with E-state index in [1.54, 1.807) is 12.1 Å². The molecule has 0 aliphatic heterocycles. The summed E-state index contributed by atoms with van der Waals surface area (Å²) < 4.78 is 26.4. The second-order valence-corrected chi connectivity index (χ2v) is 7.33. The summed E-state index contributed by atoms with van der Waals surface area (Å²) in [5, 5.41) is 5.26. The number of aryl methyl sites for hydroxylation is 1. The van der Waals surface area contributed by atoms with Crippen LogP contribution in [0.5, 0.6) is 0 Å². The van der Waals surface area contributed by atoms with E-state index in [0.717, 1.165) is 24.8 Å². The van der Waals surface area contributed by atoms with Crippen LogP contribution >= 0.6 is 0 Å². The number of nitrogens with one attached hydrogen (secondary N) is 2. The van der Waals surface area contributed by atoms with Gasteiger partial charge in [0.1, 0.15) is 17.3 Å². The van der Waals surface area contributed by atoms with E-state index in [9.17, 15) is 18.4 Å². The molecule has 0 saturated carbocycles. The lowest BCUT2D eigenvalue weighted by Crippen LogP contribution is -2.30. The van der Waals surface area contributed by atoms with Crippen molar-refractivity contribution in [3.05, 3.63) is 107 Å². The standard InChI is InChI=1S/C26H24F2N2O2/c1-2-3-4-18-5-9-20(10-6-18)25(31)30-24(17-19-7-11-21(27)12-8-19)26(32)29-23-15-13-22(28)14-16-23/h5-17H,2-4H2,1H3,(H,29,32)(H,30,31). The van der Waals surface area contributed by atoms with Crippen molar-refractivity contribution >= 4 is 23.6 Å². The molecule has 0 aliphatic rings. The lowest BCUT2D eigenvalue weighted by molar-refractivity contribution is -0.113. The van der Waals surface area contributed by atoms with Crippen LogP contribution in [-0.2, 0) is 11.2 Å². The summed E-state index contributed by atoms with van der Waals surface area (Å²) >= 11 is 0. The topological polar surface area (TPSA) is 58.2 Å². The molecule has 0 saturated heterocycles. The number of anilines is 1. The van der Waals surface area contributed by atoms with Crippen molar-refractivity contribution in [2.75, 3.05) is 5.32 Å². The number of amides is 2. The minimum Gasteiger partial charge on any atom is -0.321 e. The third-order valence-corrected chi connectivity index (χ3v) is 4.81. The smallest absolute Gasteiger partial charge is 0.272 e. The SMILES string of the molecule is CCCCc1ccc(C(=O)NC(=Cc2ccc(F)cc2)C(=O)Nc2ccc(F)cc2)cc1. The molecular formula is C26H24F2N2O2. The van der Waals surface area contributed by atoms with Crippen LogP contribution in [0, 0.1) is 11.6 Å². The number of rotatable bonds is 8. The van der Waals surface area contributed by atoms with Crippen LogP contribution in [0.15, 0.2) is 78.5 Å². The molecule has 0 radical (unpaired) electrons. The molecule has 2 N–H and O–H groups in total. The lowest BCUT2D eigenvalue weighted by Gasteiger charge is -2.12. The molecule has 0 unspecified atom stereocenters. The zero-order valence-electron chi connectivity index (χ0n) is 17.7. The van der Waals surface area contributed by atoms with Crippen LogP contribution < -0.4 is 10.6 Å². The first kappa shape index (κ1) is 22.9. The summed E-state index contributed by atoms with van der Waals surface area (Å²) in [7, 11) is 0. The molecule has 6 heteroatoms. The minimum atomic E-state index is -0.589. The molecule has 0 aromatic heterocycles. The first-order valence-electron chi connectivity index (χ1n) is 10.4. The number of carbonyl (C=O) groups is 2. The van der Waals surface area contributed by atoms with E-state index < -0.39 is 23.4 Å². The molecule has 32 heavy (non-hydrogen) atoms. The van der Waals surface area contributed by atoms with E-state index >= 15 is 0 Å². The van der Waals surface area contributed by atoms with Crippen LogP contribution in [0.4, 0.5) is 14.5 Å². The van der Waals surface area contributed by atoms with Gasteiger partial charge in [0, 0.05) is 11.3 Å². The normalized spacial score (nSPS) is 11.2. The molecule has 0 spiro atoms. The molecule has 0 fully saturated rings. The van der Waals surface area contributed by atoms with E-state index in [1.165, 1.54) is 54.6 Å². The predicted octanol–water partition coefficient (Wildman–Crippen LogP) is 5.72. The average molecular weight is 434 g/mol. The Balaban J connectivity index is 1.81. The highest BCUT2D eigenvalue weighted by molar-refractivity contribution is 6.10. The second-order valence-electron chi connectivity index (χ2n) is 7.33. The fraction of sp³-hybridized carbons (Fsp3) is 0.154. The maximum atomic E-state index is 13.2. The molecule has 3 rings (SSSR count). The third-order valence-electron chi connectivity index (χ3n) is 4.81. The van der Waals surface area contributed by atoms with Gasteiger partial charge in [-0.05, 0) is 78.6 Å². The number of halogens is 2. The average Bonchev–Trinajstić information content (AvgIpc) is 2.80. The minimum absolute atomic E-state index is 0.0269. The van der Waals surface area contributed by atoms with Gasteiger partial charge in [0.05, 0.1) is 0 Å². The van der Waals surface area contributed by atoms with Gasteiger partial charge < -0.3 is 10.6 Å².